The highest BCUT2D eigenvalue weighted by molar-refractivity contribution is 9.10. The number of rotatable bonds is 1. The normalized spacial score (nSPS) is 14.9. The summed E-state index contributed by atoms with van der Waals surface area (Å²) in [6.07, 6.45) is 4.57. The molecule has 1 aromatic carbocycles. The van der Waals surface area contributed by atoms with Crippen LogP contribution in [0.25, 0.3) is 10.9 Å². The zero-order valence-corrected chi connectivity index (χ0v) is 10.9. The van der Waals surface area contributed by atoms with E-state index >= 15 is 0 Å². The van der Waals surface area contributed by atoms with Crippen LogP contribution < -0.4 is 5.73 Å². The van der Waals surface area contributed by atoms with Crippen LogP contribution >= 0.6 is 15.9 Å². The topological polar surface area (TPSA) is 58.9 Å². The molecule has 0 aliphatic heterocycles. The molecule has 17 heavy (non-hydrogen) atoms. The van der Waals surface area contributed by atoms with Gasteiger partial charge in [-0.2, -0.15) is 0 Å². The van der Waals surface area contributed by atoms with Gasteiger partial charge in [-0.1, -0.05) is 15.9 Å². The number of nitrogens with one attached hydrogen (secondary N) is 1. The maximum Gasteiger partial charge on any atom is 0.250 e. The lowest BCUT2D eigenvalue weighted by atomic mass is 9.95. The van der Waals surface area contributed by atoms with Crippen LogP contribution in [0, 0.1) is 0 Å². The number of carbonyl (C=O) groups excluding carboxylic acids is 1. The summed E-state index contributed by atoms with van der Waals surface area (Å²) < 4.78 is 1.04. The molecule has 3 N–H and O–H groups in total. The van der Waals surface area contributed by atoms with Gasteiger partial charge >= 0.3 is 0 Å². The fourth-order valence-electron chi connectivity index (χ4n) is 2.68. The van der Waals surface area contributed by atoms with Gasteiger partial charge in [0.15, 0.2) is 0 Å². The summed E-state index contributed by atoms with van der Waals surface area (Å²) in [5.74, 6) is -0.374. The highest BCUT2D eigenvalue weighted by Crippen LogP contribution is 2.35. The number of carbonyl (C=O) groups is 1. The Morgan fingerprint density at radius 3 is 2.82 bits per heavy atom. The molecule has 88 valence electrons. The van der Waals surface area contributed by atoms with E-state index in [1.807, 2.05) is 6.07 Å². The number of hydrogen-bond donors (Lipinski definition) is 2. The van der Waals surface area contributed by atoms with E-state index in [1.165, 1.54) is 24.1 Å². The average Bonchev–Trinajstić information content (AvgIpc) is 2.68. The van der Waals surface area contributed by atoms with Crippen molar-refractivity contribution in [3.8, 4) is 0 Å². The quantitative estimate of drug-likeness (QED) is 0.834. The van der Waals surface area contributed by atoms with Crippen molar-refractivity contribution < 1.29 is 4.79 Å². The van der Waals surface area contributed by atoms with E-state index < -0.39 is 0 Å². The van der Waals surface area contributed by atoms with E-state index in [0.717, 1.165) is 28.2 Å². The van der Waals surface area contributed by atoms with Crippen LogP contribution in [0.1, 0.15) is 34.5 Å². The van der Waals surface area contributed by atoms with Crippen molar-refractivity contribution in [2.24, 2.45) is 5.73 Å². The molecule has 1 aliphatic rings. The van der Waals surface area contributed by atoms with Crippen molar-refractivity contribution in [1.29, 1.82) is 0 Å². The van der Waals surface area contributed by atoms with Gasteiger partial charge < -0.3 is 10.7 Å². The lowest BCUT2D eigenvalue weighted by Gasteiger charge is -2.10. The van der Waals surface area contributed by atoms with Gasteiger partial charge in [-0.05, 0) is 43.4 Å². The molecule has 0 spiro atoms. The first-order valence-corrected chi connectivity index (χ1v) is 6.59. The second-order valence-electron chi connectivity index (χ2n) is 4.50. The van der Waals surface area contributed by atoms with Crippen LogP contribution in [0.4, 0.5) is 0 Å². The summed E-state index contributed by atoms with van der Waals surface area (Å²) in [6.45, 7) is 0. The van der Waals surface area contributed by atoms with E-state index in [1.54, 1.807) is 6.07 Å². The highest BCUT2D eigenvalue weighted by Gasteiger charge is 2.20. The molecule has 0 saturated carbocycles. The monoisotopic (exact) mass is 292 g/mol. The smallest absolute Gasteiger partial charge is 0.250 e. The van der Waals surface area contributed by atoms with Gasteiger partial charge in [0.1, 0.15) is 0 Å². The molecule has 0 bridgehead atoms. The van der Waals surface area contributed by atoms with Crippen LogP contribution in [0.3, 0.4) is 0 Å². The molecule has 0 unspecified atom stereocenters. The van der Waals surface area contributed by atoms with Gasteiger partial charge in [-0.15, -0.1) is 0 Å². The largest absolute Gasteiger partial charge is 0.366 e. The van der Waals surface area contributed by atoms with Gasteiger partial charge in [-0.25, -0.2) is 0 Å². The van der Waals surface area contributed by atoms with Gasteiger partial charge in [0.2, 0.25) is 0 Å². The number of aromatic nitrogens is 1. The number of aryl methyl sites for hydroxylation is 2. The number of halogens is 1. The van der Waals surface area contributed by atoms with Crippen molar-refractivity contribution in [3.63, 3.8) is 0 Å². The van der Waals surface area contributed by atoms with Crippen molar-refractivity contribution in [3.05, 3.63) is 33.4 Å². The fourth-order valence-corrected chi connectivity index (χ4v) is 3.25. The number of benzene rings is 1. The second kappa shape index (κ2) is 3.88. The maximum absolute atomic E-state index is 11.4. The molecule has 1 aliphatic carbocycles. The molecule has 0 atom stereocenters. The summed E-state index contributed by atoms with van der Waals surface area (Å²) in [7, 11) is 0. The Kier molecular flexibility index (Phi) is 2.47. The van der Waals surface area contributed by atoms with E-state index in [-0.39, 0.29) is 5.91 Å². The summed E-state index contributed by atoms with van der Waals surface area (Å²) in [5.41, 5.74) is 9.50. The molecule has 4 heteroatoms. The average molecular weight is 293 g/mol. The van der Waals surface area contributed by atoms with Crippen LogP contribution in [0.2, 0.25) is 0 Å². The molecule has 0 radical (unpaired) electrons. The Morgan fingerprint density at radius 1 is 1.29 bits per heavy atom. The minimum absolute atomic E-state index is 0.374. The third-order valence-corrected chi connectivity index (χ3v) is 4.13. The van der Waals surface area contributed by atoms with Crippen molar-refractivity contribution in [2.45, 2.75) is 25.7 Å². The standard InChI is InChI=1S/C13H13BrN2O/c14-9-6-5-8(13(15)17)12-11(9)7-3-1-2-4-10(7)16-12/h5-6,16H,1-4H2,(H2,15,17). The molecule has 0 saturated heterocycles. The molecule has 1 aromatic heterocycles. The Hall–Kier alpha value is -1.29. The molecule has 1 amide bonds. The van der Waals surface area contributed by atoms with Crippen molar-refractivity contribution in [1.82, 2.24) is 4.98 Å². The zero-order chi connectivity index (χ0) is 12.0. The minimum Gasteiger partial charge on any atom is -0.366 e. The van der Waals surface area contributed by atoms with Crippen LogP contribution in [0.5, 0.6) is 0 Å². The number of amides is 1. The summed E-state index contributed by atoms with van der Waals surface area (Å²) in [5, 5.41) is 1.14. The van der Waals surface area contributed by atoms with Crippen LogP contribution in [0.15, 0.2) is 16.6 Å². The number of aromatic amines is 1. The maximum atomic E-state index is 11.4. The SMILES string of the molecule is NC(=O)c1ccc(Br)c2c3c([nH]c12)CCCC3. The van der Waals surface area contributed by atoms with E-state index in [0.29, 0.717) is 5.56 Å². The second-order valence-corrected chi connectivity index (χ2v) is 5.35. The Morgan fingerprint density at radius 2 is 2.06 bits per heavy atom. The number of H-pyrrole nitrogens is 1. The van der Waals surface area contributed by atoms with Crippen LogP contribution in [-0.2, 0) is 12.8 Å². The van der Waals surface area contributed by atoms with E-state index in [2.05, 4.69) is 20.9 Å². The van der Waals surface area contributed by atoms with E-state index in [4.69, 9.17) is 5.73 Å². The molecule has 0 fully saturated rings. The molecule has 2 aromatic rings. The lowest BCUT2D eigenvalue weighted by molar-refractivity contribution is 0.100. The summed E-state index contributed by atoms with van der Waals surface area (Å²) in [6, 6.07) is 3.68. The van der Waals surface area contributed by atoms with Gasteiger partial charge in [-0.3, -0.25) is 4.79 Å². The third kappa shape index (κ3) is 1.59. The molecule has 1 heterocycles. The predicted octanol–water partition coefficient (Wildman–Crippen LogP) is 2.91. The highest BCUT2D eigenvalue weighted by atomic mass is 79.9. The van der Waals surface area contributed by atoms with Crippen molar-refractivity contribution >= 4 is 32.7 Å². The van der Waals surface area contributed by atoms with Gasteiger partial charge in [0.25, 0.3) is 5.91 Å². The summed E-state index contributed by atoms with van der Waals surface area (Å²) in [4.78, 5) is 14.8. The summed E-state index contributed by atoms with van der Waals surface area (Å²) >= 11 is 3.57. The first kappa shape index (κ1) is 10.8. The number of fused-ring (bicyclic) bond motifs is 3. The molecule has 3 nitrogen and oxygen atoms in total. The van der Waals surface area contributed by atoms with Gasteiger partial charge in [0.05, 0.1) is 11.1 Å². The Labute approximate surface area is 108 Å². The minimum atomic E-state index is -0.374. The first-order chi connectivity index (χ1) is 8.18. The van der Waals surface area contributed by atoms with E-state index in [9.17, 15) is 4.79 Å². The third-order valence-electron chi connectivity index (χ3n) is 3.47. The fraction of sp³-hybridized carbons (Fsp3) is 0.308. The number of nitrogens with two attached hydrogens (primary N) is 1. The Bertz CT molecular complexity index is 615. The van der Waals surface area contributed by atoms with Crippen LogP contribution in [-0.4, -0.2) is 10.9 Å². The van der Waals surface area contributed by atoms with Gasteiger partial charge in [0, 0.05) is 15.6 Å². The zero-order valence-electron chi connectivity index (χ0n) is 9.35. The molecular formula is C13H13BrN2O. The number of hydrogen-bond acceptors (Lipinski definition) is 1. The van der Waals surface area contributed by atoms with Crippen molar-refractivity contribution in [2.75, 3.05) is 0 Å². The molecular weight excluding hydrogens is 280 g/mol. The Balaban J connectivity index is 2.39. The number of primary amides is 1. The predicted molar refractivity (Wildman–Crippen MR) is 71.2 cm³/mol. The first-order valence-electron chi connectivity index (χ1n) is 5.80. The molecule has 3 rings (SSSR count). The lowest BCUT2D eigenvalue weighted by Crippen LogP contribution is -2.11.